The van der Waals surface area contributed by atoms with Gasteiger partial charge in [0.25, 0.3) is 0 Å². The predicted octanol–water partition coefficient (Wildman–Crippen LogP) is 3.59. The van der Waals surface area contributed by atoms with Crippen molar-refractivity contribution in [2.45, 2.75) is 19.2 Å². The summed E-state index contributed by atoms with van der Waals surface area (Å²) in [7, 11) is 0. The van der Waals surface area contributed by atoms with Gasteiger partial charge in [-0.2, -0.15) is 4.98 Å². The molecule has 25 heavy (non-hydrogen) atoms. The molecule has 0 fully saturated rings. The Morgan fingerprint density at radius 2 is 1.88 bits per heavy atom. The molecule has 3 aromatic rings. The van der Waals surface area contributed by atoms with Crippen LogP contribution in [-0.4, -0.2) is 21.8 Å². The molecule has 0 unspecified atom stereocenters. The van der Waals surface area contributed by atoms with Crippen LogP contribution < -0.4 is 5.32 Å². The van der Waals surface area contributed by atoms with Gasteiger partial charge in [-0.1, -0.05) is 65.3 Å². The van der Waals surface area contributed by atoms with Crippen molar-refractivity contribution in [1.29, 1.82) is 0 Å². The van der Waals surface area contributed by atoms with Crippen LogP contribution in [-0.2, 0) is 17.1 Å². The van der Waals surface area contributed by atoms with Crippen LogP contribution in [0.5, 0.6) is 0 Å². The third-order valence-electron chi connectivity index (χ3n) is 3.56. The SMILES string of the molecule is Cc1ccc(CSCC(=O)NCc2nc(-c3ccccc3)no2)cc1. The van der Waals surface area contributed by atoms with E-state index in [2.05, 4.69) is 46.6 Å². The van der Waals surface area contributed by atoms with Crippen molar-refractivity contribution in [3.05, 3.63) is 71.6 Å². The molecule has 0 radical (unpaired) electrons. The van der Waals surface area contributed by atoms with Crippen LogP contribution in [0.25, 0.3) is 11.4 Å². The first-order valence-corrected chi connectivity index (χ1v) is 9.14. The Labute approximate surface area is 150 Å². The lowest BCUT2D eigenvalue weighted by Crippen LogP contribution is -2.24. The van der Waals surface area contributed by atoms with Crippen LogP contribution in [0.4, 0.5) is 0 Å². The molecule has 3 rings (SSSR count). The van der Waals surface area contributed by atoms with Crippen LogP contribution in [0.15, 0.2) is 59.1 Å². The number of carbonyl (C=O) groups excluding carboxylic acids is 1. The Balaban J connectivity index is 1.42. The van der Waals surface area contributed by atoms with Crippen LogP contribution in [0, 0.1) is 6.92 Å². The molecular weight excluding hydrogens is 334 g/mol. The highest BCUT2D eigenvalue weighted by Crippen LogP contribution is 2.15. The smallest absolute Gasteiger partial charge is 0.246 e. The van der Waals surface area contributed by atoms with Crippen LogP contribution >= 0.6 is 11.8 Å². The number of thioether (sulfide) groups is 1. The summed E-state index contributed by atoms with van der Waals surface area (Å²) >= 11 is 1.58. The normalized spacial score (nSPS) is 10.6. The number of aryl methyl sites for hydroxylation is 1. The zero-order chi connectivity index (χ0) is 17.5. The number of aromatic nitrogens is 2. The second-order valence-electron chi connectivity index (χ2n) is 5.63. The van der Waals surface area contributed by atoms with Crippen molar-refractivity contribution < 1.29 is 9.32 Å². The van der Waals surface area contributed by atoms with Crippen molar-refractivity contribution >= 4 is 17.7 Å². The molecule has 6 heteroatoms. The number of carbonyl (C=O) groups is 1. The summed E-state index contributed by atoms with van der Waals surface area (Å²) in [5.41, 5.74) is 3.34. The molecule has 1 amide bonds. The van der Waals surface area contributed by atoms with Crippen LogP contribution in [0.1, 0.15) is 17.0 Å². The molecular formula is C19H19N3O2S. The number of rotatable bonds is 7. The van der Waals surface area contributed by atoms with Crippen molar-refractivity contribution in [3.63, 3.8) is 0 Å². The second kappa shape index (κ2) is 8.48. The topological polar surface area (TPSA) is 68.0 Å². The van der Waals surface area contributed by atoms with E-state index in [1.165, 1.54) is 11.1 Å². The van der Waals surface area contributed by atoms with Gasteiger partial charge in [-0.15, -0.1) is 11.8 Å². The van der Waals surface area contributed by atoms with Gasteiger partial charge in [0.05, 0.1) is 12.3 Å². The summed E-state index contributed by atoms with van der Waals surface area (Å²) in [6.07, 6.45) is 0. The molecule has 0 saturated heterocycles. The Morgan fingerprint density at radius 1 is 1.12 bits per heavy atom. The van der Waals surface area contributed by atoms with Crippen LogP contribution in [0.3, 0.4) is 0 Å². The van der Waals surface area contributed by atoms with E-state index < -0.39 is 0 Å². The largest absolute Gasteiger partial charge is 0.346 e. The maximum atomic E-state index is 11.9. The summed E-state index contributed by atoms with van der Waals surface area (Å²) in [5.74, 6) is 2.09. The summed E-state index contributed by atoms with van der Waals surface area (Å²) < 4.78 is 5.17. The van der Waals surface area contributed by atoms with Crippen molar-refractivity contribution in [2.75, 3.05) is 5.75 Å². The number of hydrogen-bond donors (Lipinski definition) is 1. The maximum Gasteiger partial charge on any atom is 0.246 e. The highest BCUT2D eigenvalue weighted by molar-refractivity contribution is 7.99. The van der Waals surface area contributed by atoms with E-state index in [4.69, 9.17) is 4.52 Å². The molecule has 0 bridgehead atoms. The Hall–Kier alpha value is -2.60. The van der Waals surface area contributed by atoms with E-state index in [0.717, 1.165) is 11.3 Å². The fourth-order valence-electron chi connectivity index (χ4n) is 2.20. The third-order valence-corrected chi connectivity index (χ3v) is 4.56. The number of nitrogens with zero attached hydrogens (tertiary/aromatic N) is 2. The summed E-state index contributed by atoms with van der Waals surface area (Å²) in [6, 6.07) is 17.9. The van der Waals surface area contributed by atoms with Crippen molar-refractivity contribution in [2.24, 2.45) is 0 Å². The summed E-state index contributed by atoms with van der Waals surface area (Å²) in [4.78, 5) is 16.2. The van der Waals surface area contributed by atoms with Gasteiger partial charge in [-0.25, -0.2) is 0 Å². The molecule has 1 aromatic heterocycles. The van der Waals surface area contributed by atoms with Crippen LogP contribution in [0.2, 0.25) is 0 Å². The second-order valence-corrected chi connectivity index (χ2v) is 6.62. The number of hydrogen-bond acceptors (Lipinski definition) is 5. The Bertz CT molecular complexity index is 816. The third kappa shape index (κ3) is 5.19. The van der Waals surface area contributed by atoms with Gasteiger partial charge in [-0.3, -0.25) is 4.79 Å². The first-order chi connectivity index (χ1) is 12.2. The molecule has 1 heterocycles. The molecule has 0 aliphatic carbocycles. The molecule has 0 aliphatic rings. The lowest BCUT2D eigenvalue weighted by Gasteiger charge is -2.03. The quantitative estimate of drug-likeness (QED) is 0.703. The van der Waals surface area contributed by atoms with E-state index in [1.807, 2.05) is 30.3 Å². The molecule has 5 nitrogen and oxygen atoms in total. The van der Waals surface area contributed by atoms with Crippen molar-refractivity contribution in [3.8, 4) is 11.4 Å². The molecule has 1 N–H and O–H groups in total. The van der Waals surface area contributed by atoms with E-state index in [1.54, 1.807) is 11.8 Å². The standard InChI is InChI=1S/C19H19N3O2S/c1-14-7-9-15(10-8-14)12-25-13-17(23)20-11-18-21-19(22-24-18)16-5-3-2-4-6-16/h2-10H,11-13H2,1H3,(H,20,23). The van der Waals surface area contributed by atoms with Gasteiger partial charge in [0.2, 0.25) is 17.6 Å². The fraction of sp³-hybridized carbons (Fsp3) is 0.211. The monoisotopic (exact) mass is 353 g/mol. The average molecular weight is 353 g/mol. The number of amides is 1. The minimum Gasteiger partial charge on any atom is -0.346 e. The Kier molecular flexibility index (Phi) is 5.85. The minimum absolute atomic E-state index is 0.0448. The zero-order valence-corrected chi connectivity index (χ0v) is 14.8. The van der Waals surface area contributed by atoms with E-state index in [-0.39, 0.29) is 12.5 Å². The lowest BCUT2D eigenvalue weighted by atomic mass is 10.2. The van der Waals surface area contributed by atoms with E-state index >= 15 is 0 Å². The van der Waals surface area contributed by atoms with Gasteiger partial charge < -0.3 is 9.84 Å². The summed E-state index contributed by atoms with van der Waals surface area (Å²) in [5, 5.41) is 6.73. The lowest BCUT2D eigenvalue weighted by molar-refractivity contribution is -0.118. The highest BCUT2D eigenvalue weighted by Gasteiger charge is 2.09. The van der Waals surface area contributed by atoms with E-state index in [0.29, 0.717) is 17.5 Å². The van der Waals surface area contributed by atoms with Crippen molar-refractivity contribution in [1.82, 2.24) is 15.5 Å². The van der Waals surface area contributed by atoms with Gasteiger partial charge in [0, 0.05) is 11.3 Å². The van der Waals surface area contributed by atoms with Gasteiger partial charge >= 0.3 is 0 Å². The average Bonchev–Trinajstić information content (AvgIpc) is 3.11. The Morgan fingerprint density at radius 3 is 2.64 bits per heavy atom. The fourth-order valence-corrected chi connectivity index (χ4v) is 3.02. The van der Waals surface area contributed by atoms with Gasteiger partial charge in [0.15, 0.2) is 0 Å². The molecule has 0 saturated carbocycles. The zero-order valence-electron chi connectivity index (χ0n) is 13.9. The number of nitrogens with one attached hydrogen (secondary N) is 1. The maximum absolute atomic E-state index is 11.9. The number of benzene rings is 2. The molecule has 0 aliphatic heterocycles. The minimum atomic E-state index is -0.0448. The molecule has 0 atom stereocenters. The van der Waals surface area contributed by atoms with Gasteiger partial charge in [-0.05, 0) is 12.5 Å². The van der Waals surface area contributed by atoms with E-state index in [9.17, 15) is 4.79 Å². The highest BCUT2D eigenvalue weighted by atomic mass is 32.2. The summed E-state index contributed by atoms with van der Waals surface area (Å²) in [6.45, 7) is 2.30. The first-order valence-electron chi connectivity index (χ1n) is 7.99. The molecule has 128 valence electrons. The molecule has 0 spiro atoms. The first kappa shape index (κ1) is 17.2. The van der Waals surface area contributed by atoms with Gasteiger partial charge in [0.1, 0.15) is 0 Å². The molecule has 2 aromatic carbocycles. The predicted molar refractivity (Wildman–Crippen MR) is 98.9 cm³/mol.